The van der Waals surface area contributed by atoms with E-state index in [2.05, 4.69) is 9.98 Å². The number of aromatic amines is 1. The summed E-state index contributed by atoms with van der Waals surface area (Å²) in [5.41, 5.74) is 2.60. The van der Waals surface area contributed by atoms with Gasteiger partial charge in [-0.2, -0.15) is 0 Å². The molecule has 0 radical (unpaired) electrons. The molecule has 1 heterocycles. The third-order valence-electron chi connectivity index (χ3n) is 3.87. The number of hydrogen-bond donors (Lipinski definition) is 2. The zero-order chi connectivity index (χ0) is 17.6. The fourth-order valence-corrected chi connectivity index (χ4v) is 2.60. The first-order chi connectivity index (χ1) is 12.1. The van der Waals surface area contributed by atoms with Crippen LogP contribution in [0.3, 0.4) is 0 Å². The zero-order valence-electron chi connectivity index (χ0n) is 13.4. The number of nitrogens with zero attached hydrogens (tertiary/aromatic N) is 1. The van der Waals surface area contributed by atoms with Crippen LogP contribution in [0, 0.1) is 5.82 Å². The number of fused-ring (bicyclic) bond motifs is 1. The van der Waals surface area contributed by atoms with Crippen LogP contribution in [0.2, 0.25) is 0 Å². The molecule has 0 saturated heterocycles. The summed E-state index contributed by atoms with van der Waals surface area (Å²) in [5, 5.41) is 10.0. The van der Waals surface area contributed by atoms with Gasteiger partial charge in [-0.15, -0.1) is 0 Å². The molecule has 3 rings (SSSR count). The predicted molar refractivity (Wildman–Crippen MR) is 96.3 cm³/mol. The van der Waals surface area contributed by atoms with Gasteiger partial charge in [0.15, 0.2) is 0 Å². The molecule has 0 aliphatic rings. The Bertz CT molecular complexity index is 943. The van der Waals surface area contributed by atoms with Gasteiger partial charge in [-0.05, 0) is 35.7 Å². The summed E-state index contributed by atoms with van der Waals surface area (Å²) in [6.07, 6.45) is 5.80. The number of carboxylic acid groups (broad SMARTS) is 1. The van der Waals surface area contributed by atoms with E-state index in [0.29, 0.717) is 17.4 Å². The molecule has 25 heavy (non-hydrogen) atoms. The first-order valence-corrected chi connectivity index (χ1v) is 7.88. The molecule has 0 aliphatic carbocycles. The van der Waals surface area contributed by atoms with Gasteiger partial charge in [-0.1, -0.05) is 36.4 Å². The van der Waals surface area contributed by atoms with E-state index in [-0.39, 0.29) is 17.9 Å². The second-order valence-corrected chi connectivity index (χ2v) is 5.64. The third kappa shape index (κ3) is 4.20. The Morgan fingerprint density at radius 1 is 1.20 bits per heavy atom. The molecule has 5 heteroatoms. The summed E-state index contributed by atoms with van der Waals surface area (Å²) in [6, 6.07) is 14.2. The van der Waals surface area contributed by atoms with Gasteiger partial charge >= 0.3 is 5.97 Å². The minimum absolute atomic E-state index is 0.00877. The Morgan fingerprint density at radius 3 is 2.76 bits per heavy atom. The van der Waals surface area contributed by atoms with E-state index >= 15 is 0 Å². The molecule has 0 fully saturated rings. The fourth-order valence-electron chi connectivity index (χ4n) is 2.60. The Kier molecular flexibility index (Phi) is 5.04. The number of rotatable bonds is 6. The van der Waals surface area contributed by atoms with Crippen LogP contribution in [0.5, 0.6) is 0 Å². The van der Waals surface area contributed by atoms with Crippen molar-refractivity contribution in [2.45, 2.75) is 12.8 Å². The third-order valence-corrected chi connectivity index (χ3v) is 3.87. The number of carbonyl (C=O) groups is 1. The van der Waals surface area contributed by atoms with E-state index in [1.165, 1.54) is 18.3 Å². The van der Waals surface area contributed by atoms with Crippen molar-refractivity contribution in [2.75, 3.05) is 0 Å². The lowest BCUT2D eigenvalue weighted by Crippen LogP contribution is -2.15. The van der Waals surface area contributed by atoms with E-state index in [4.69, 9.17) is 0 Å². The number of H-pyrrole nitrogens is 1. The van der Waals surface area contributed by atoms with Crippen molar-refractivity contribution in [2.24, 2.45) is 4.99 Å². The number of aliphatic imine (C=N–C) groups is 1. The average molecular weight is 336 g/mol. The molecule has 0 amide bonds. The summed E-state index contributed by atoms with van der Waals surface area (Å²) in [5.74, 6) is -1.44. The van der Waals surface area contributed by atoms with E-state index in [9.17, 15) is 14.3 Å². The van der Waals surface area contributed by atoms with E-state index in [1.807, 2.05) is 36.4 Å². The Labute approximate surface area is 144 Å². The molecule has 0 bridgehead atoms. The molecule has 0 aliphatic heterocycles. The number of hydrogen-bond acceptors (Lipinski definition) is 2. The first-order valence-electron chi connectivity index (χ1n) is 7.88. The highest BCUT2D eigenvalue weighted by atomic mass is 19.1. The number of nitrogens with one attached hydrogen (secondary N) is 1. The van der Waals surface area contributed by atoms with Gasteiger partial charge in [0, 0.05) is 29.7 Å². The molecule has 1 aromatic heterocycles. The summed E-state index contributed by atoms with van der Waals surface area (Å²) in [7, 11) is 0. The van der Waals surface area contributed by atoms with E-state index in [0.717, 1.165) is 11.1 Å². The molecular weight excluding hydrogens is 319 g/mol. The smallest absolute Gasteiger partial charge is 0.350 e. The zero-order valence-corrected chi connectivity index (χ0v) is 13.4. The van der Waals surface area contributed by atoms with Crippen molar-refractivity contribution in [3.05, 3.63) is 83.9 Å². The number of aliphatic carboxylic acids is 1. The summed E-state index contributed by atoms with van der Waals surface area (Å²) in [6.45, 7) is 0. The first kappa shape index (κ1) is 16.6. The maximum absolute atomic E-state index is 13.4. The summed E-state index contributed by atoms with van der Waals surface area (Å²) in [4.78, 5) is 18.5. The predicted octanol–water partition coefficient (Wildman–Crippen LogP) is 4.13. The lowest BCUT2D eigenvalue weighted by atomic mass is 10.1. The normalized spacial score (nSPS) is 12.1. The molecule has 2 aromatic carbocycles. The second kappa shape index (κ2) is 7.57. The molecule has 3 aromatic rings. The van der Waals surface area contributed by atoms with Crippen LogP contribution in [0.15, 0.2) is 72.0 Å². The second-order valence-electron chi connectivity index (χ2n) is 5.64. The molecule has 0 saturated carbocycles. The standard InChI is InChI=1S/C20H17FN2O2/c21-16-8-9-18-17(12-16)15(13-23-18)11-19(20(24)25)22-10-4-7-14-5-2-1-3-6-14/h1-6,8-10,12-13,23H,7,11H2,(H,24,25). The maximum Gasteiger partial charge on any atom is 0.350 e. The van der Waals surface area contributed by atoms with Gasteiger partial charge in [0.1, 0.15) is 11.5 Å². The van der Waals surface area contributed by atoms with Crippen LogP contribution in [0.25, 0.3) is 10.9 Å². The van der Waals surface area contributed by atoms with Crippen LogP contribution in [0.1, 0.15) is 11.1 Å². The Morgan fingerprint density at radius 2 is 2.00 bits per heavy atom. The van der Waals surface area contributed by atoms with Crippen LogP contribution in [-0.4, -0.2) is 21.8 Å². The Hall–Kier alpha value is -3.21. The monoisotopic (exact) mass is 336 g/mol. The lowest BCUT2D eigenvalue weighted by molar-refractivity contribution is -0.129. The summed E-state index contributed by atoms with van der Waals surface area (Å²) >= 11 is 0. The maximum atomic E-state index is 13.4. The van der Waals surface area contributed by atoms with Crippen molar-refractivity contribution in [3.63, 3.8) is 0 Å². The average Bonchev–Trinajstić information content (AvgIpc) is 3.00. The van der Waals surface area contributed by atoms with E-state index in [1.54, 1.807) is 12.3 Å². The van der Waals surface area contributed by atoms with E-state index < -0.39 is 5.97 Å². The molecule has 4 nitrogen and oxygen atoms in total. The van der Waals surface area contributed by atoms with Gasteiger partial charge in [0.05, 0.1) is 0 Å². The molecular formula is C20H17FN2O2. The number of carboxylic acids is 1. The highest BCUT2D eigenvalue weighted by Gasteiger charge is 2.13. The molecule has 0 unspecified atom stereocenters. The Balaban J connectivity index is 1.76. The van der Waals surface area contributed by atoms with Crippen LogP contribution in [0.4, 0.5) is 4.39 Å². The molecule has 0 spiro atoms. The number of aromatic nitrogens is 1. The quantitative estimate of drug-likeness (QED) is 0.665. The van der Waals surface area contributed by atoms with Crippen molar-refractivity contribution >= 4 is 22.6 Å². The van der Waals surface area contributed by atoms with Crippen LogP contribution >= 0.6 is 0 Å². The lowest BCUT2D eigenvalue weighted by Gasteiger charge is -2.00. The highest BCUT2D eigenvalue weighted by molar-refractivity contribution is 6.36. The van der Waals surface area contributed by atoms with Gasteiger partial charge in [0.25, 0.3) is 0 Å². The van der Waals surface area contributed by atoms with Crippen molar-refractivity contribution in [1.29, 1.82) is 0 Å². The van der Waals surface area contributed by atoms with Gasteiger partial charge in [-0.25, -0.2) is 9.18 Å². The van der Waals surface area contributed by atoms with Gasteiger partial charge in [0.2, 0.25) is 0 Å². The largest absolute Gasteiger partial charge is 0.477 e. The van der Waals surface area contributed by atoms with Crippen molar-refractivity contribution < 1.29 is 14.3 Å². The minimum Gasteiger partial charge on any atom is -0.477 e. The minimum atomic E-state index is -1.09. The molecule has 0 atom stereocenters. The number of allylic oxidation sites excluding steroid dienone is 1. The topological polar surface area (TPSA) is 65.4 Å². The van der Waals surface area contributed by atoms with Gasteiger partial charge in [-0.3, -0.25) is 4.99 Å². The van der Waals surface area contributed by atoms with Crippen LogP contribution in [-0.2, 0) is 17.6 Å². The molecule has 126 valence electrons. The summed E-state index contributed by atoms with van der Waals surface area (Å²) < 4.78 is 13.4. The van der Waals surface area contributed by atoms with Crippen molar-refractivity contribution in [1.82, 2.24) is 4.98 Å². The van der Waals surface area contributed by atoms with Crippen molar-refractivity contribution in [3.8, 4) is 0 Å². The van der Waals surface area contributed by atoms with Gasteiger partial charge < -0.3 is 10.1 Å². The number of benzene rings is 2. The fraction of sp³-hybridized carbons (Fsp3) is 0.100. The number of halogens is 1. The highest BCUT2D eigenvalue weighted by Crippen LogP contribution is 2.20. The van der Waals surface area contributed by atoms with Crippen LogP contribution < -0.4 is 0 Å². The SMILES string of the molecule is O=C(O)C(Cc1c[nH]c2ccc(F)cc12)=NC=CCc1ccccc1. The molecule has 2 N–H and O–H groups in total.